The number of benzene rings is 2. The van der Waals surface area contributed by atoms with Crippen LogP contribution in [0.1, 0.15) is 11.1 Å². The normalized spacial score (nSPS) is 10.0. The lowest BCUT2D eigenvalue weighted by Crippen LogP contribution is -1.99. The third-order valence-electron chi connectivity index (χ3n) is 3.25. The van der Waals surface area contributed by atoms with Gasteiger partial charge in [0.1, 0.15) is 0 Å². The minimum Gasteiger partial charge on any atom is -0.381 e. The first-order chi connectivity index (χ1) is 10.3. The van der Waals surface area contributed by atoms with Crippen LogP contribution in [0.3, 0.4) is 0 Å². The summed E-state index contributed by atoms with van der Waals surface area (Å²) in [6.07, 6.45) is 1.74. The molecule has 2 aromatic carbocycles. The number of nitrogens with one attached hydrogen (secondary N) is 2. The number of aromatic amines is 1. The zero-order chi connectivity index (χ0) is 14.5. The predicted molar refractivity (Wildman–Crippen MR) is 82.5 cm³/mol. The molecule has 0 atom stereocenters. The number of H-pyrrole nitrogens is 1. The molecule has 0 saturated heterocycles. The standard InChI is InChI=1S/C17H14N4/c18-11-13-4-6-14(7-5-13)12-19-16-3-1-2-15(10-16)17-8-9-20-21-17/h1-10,19H,12H2,(H,20,21). The third kappa shape index (κ3) is 3.10. The topological polar surface area (TPSA) is 64.5 Å². The number of nitriles is 1. The number of hydrogen-bond donors (Lipinski definition) is 2. The van der Waals surface area contributed by atoms with E-state index >= 15 is 0 Å². The predicted octanol–water partition coefficient (Wildman–Crippen LogP) is 3.56. The van der Waals surface area contributed by atoms with E-state index < -0.39 is 0 Å². The first-order valence-electron chi connectivity index (χ1n) is 6.68. The highest BCUT2D eigenvalue weighted by Crippen LogP contribution is 2.20. The van der Waals surface area contributed by atoms with Crippen LogP contribution < -0.4 is 5.32 Å². The average molecular weight is 274 g/mol. The van der Waals surface area contributed by atoms with E-state index in [9.17, 15) is 0 Å². The van der Waals surface area contributed by atoms with E-state index in [2.05, 4.69) is 27.6 Å². The van der Waals surface area contributed by atoms with Gasteiger partial charge in [0.15, 0.2) is 0 Å². The van der Waals surface area contributed by atoms with Crippen LogP contribution >= 0.6 is 0 Å². The summed E-state index contributed by atoms with van der Waals surface area (Å²) in [4.78, 5) is 0. The van der Waals surface area contributed by atoms with Gasteiger partial charge in [-0.15, -0.1) is 0 Å². The molecule has 0 amide bonds. The molecule has 3 rings (SSSR count). The summed E-state index contributed by atoms with van der Waals surface area (Å²) in [6, 6.07) is 19.8. The lowest BCUT2D eigenvalue weighted by atomic mass is 10.1. The minimum atomic E-state index is 0.681. The Kier molecular flexibility index (Phi) is 3.66. The second-order valence-corrected chi connectivity index (χ2v) is 4.71. The fraction of sp³-hybridized carbons (Fsp3) is 0.0588. The quantitative estimate of drug-likeness (QED) is 0.764. The van der Waals surface area contributed by atoms with Crippen LogP contribution in [0.4, 0.5) is 5.69 Å². The first-order valence-corrected chi connectivity index (χ1v) is 6.68. The highest BCUT2D eigenvalue weighted by atomic mass is 15.1. The van der Waals surface area contributed by atoms with Gasteiger partial charge in [-0.1, -0.05) is 24.3 Å². The van der Waals surface area contributed by atoms with Gasteiger partial charge in [0.25, 0.3) is 0 Å². The molecule has 1 aromatic heterocycles. The maximum absolute atomic E-state index is 8.78. The molecule has 4 heteroatoms. The van der Waals surface area contributed by atoms with Crippen LogP contribution in [-0.2, 0) is 6.54 Å². The molecule has 2 N–H and O–H groups in total. The summed E-state index contributed by atoms with van der Waals surface area (Å²) in [5.74, 6) is 0. The summed E-state index contributed by atoms with van der Waals surface area (Å²) in [7, 11) is 0. The fourth-order valence-corrected chi connectivity index (χ4v) is 2.11. The SMILES string of the molecule is N#Cc1ccc(CNc2cccc(-c3ccn[nH]3)c2)cc1. The van der Waals surface area contributed by atoms with Crippen LogP contribution in [0.25, 0.3) is 11.3 Å². The average Bonchev–Trinajstić information content (AvgIpc) is 3.08. The molecule has 1 heterocycles. The van der Waals surface area contributed by atoms with Crippen LogP contribution in [-0.4, -0.2) is 10.2 Å². The Morgan fingerprint density at radius 2 is 1.95 bits per heavy atom. The Morgan fingerprint density at radius 3 is 2.67 bits per heavy atom. The van der Waals surface area contributed by atoms with Crippen LogP contribution in [0.2, 0.25) is 0 Å². The van der Waals surface area contributed by atoms with Crippen LogP contribution in [0, 0.1) is 11.3 Å². The molecule has 0 aliphatic carbocycles. The van der Waals surface area contributed by atoms with E-state index in [0.717, 1.165) is 29.1 Å². The van der Waals surface area contributed by atoms with E-state index in [1.807, 2.05) is 48.5 Å². The van der Waals surface area contributed by atoms with Crippen molar-refractivity contribution in [1.29, 1.82) is 5.26 Å². The Morgan fingerprint density at radius 1 is 1.10 bits per heavy atom. The Bertz CT molecular complexity index is 752. The molecule has 4 nitrogen and oxygen atoms in total. The molecule has 0 unspecified atom stereocenters. The summed E-state index contributed by atoms with van der Waals surface area (Å²) >= 11 is 0. The van der Waals surface area contributed by atoms with Gasteiger partial charge in [0.05, 0.1) is 17.3 Å². The minimum absolute atomic E-state index is 0.681. The third-order valence-corrected chi connectivity index (χ3v) is 3.25. The second kappa shape index (κ2) is 5.93. The summed E-state index contributed by atoms with van der Waals surface area (Å²) in [6.45, 7) is 0.720. The first kappa shape index (κ1) is 12.9. The molecule has 0 aliphatic heterocycles. The van der Waals surface area contributed by atoms with Gasteiger partial charge in [0.2, 0.25) is 0 Å². The number of hydrogen-bond acceptors (Lipinski definition) is 3. The number of anilines is 1. The van der Waals surface area contributed by atoms with Gasteiger partial charge < -0.3 is 5.32 Å². The fourth-order valence-electron chi connectivity index (χ4n) is 2.11. The van der Waals surface area contributed by atoms with Gasteiger partial charge >= 0.3 is 0 Å². The monoisotopic (exact) mass is 274 g/mol. The lowest BCUT2D eigenvalue weighted by molar-refractivity contribution is 1.09. The molecule has 0 aliphatic rings. The van der Waals surface area contributed by atoms with Gasteiger partial charge in [-0.05, 0) is 35.9 Å². The van der Waals surface area contributed by atoms with Crippen molar-refractivity contribution in [3.05, 3.63) is 71.9 Å². The number of aromatic nitrogens is 2. The Labute approximate surface area is 123 Å². The van der Waals surface area contributed by atoms with Crippen LogP contribution in [0.5, 0.6) is 0 Å². The largest absolute Gasteiger partial charge is 0.381 e. The summed E-state index contributed by atoms with van der Waals surface area (Å²) in [5.41, 5.74) is 4.96. The zero-order valence-electron chi connectivity index (χ0n) is 11.4. The maximum Gasteiger partial charge on any atom is 0.0991 e. The summed E-state index contributed by atoms with van der Waals surface area (Å²) in [5, 5.41) is 19.1. The van der Waals surface area contributed by atoms with Crippen molar-refractivity contribution in [2.75, 3.05) is 5.32 Å². The van der Waals surface area contributed by atoms with Gasteiger partial charge in [-0.3, -0.25) is 5.10 Å². The maximum atomic E-state index is 8.78. The molecule has 0 bridgehead atoms. The molecule has 0 radical (unpaired) electrons. The van der Waals surface area contributed by atoms with E-state index in [-0.39, 0.29) is 0 Å². The highest BCUT2D eigenvalue weighted by Gasteiger charge is 2.00. The smallest absolute Gasteiger partial charge is 0.0991 e. The van der Waals surface area contributed by atoms with E-state index in [4.69, 9.17) is 5.26 Å². The second-order valence-electron chi connectivity index (χ2n) is 4.71. The molecular formula is C17H14N4. The summed E-state index contributed by atoms with van der Waals surface area (Å²) < 4.78 is 0. The Balaban J connectivity index is 1.70. The lowest BCUT2D eigenvalue weighted by Gasteiger charge is -2.08. The van der Waals surface area contributed by atoms with Gasteiger partial charge in [0, 0.05) is 24.0 Å². The molecule has 21 heavy (non-hydrogen) atoms. The molecule has 0 fully saturated rings. The molecule has 0 saturated carbocycles. The van der Waals surface area contributed by atoms with Gasteiger partial charge in [-0.2, -0.15) is 10.4 Å². The molecular weight excluding hydrogens is 260 g/mol. The number of nitrogens with zero attached hydrogens (tertiary/aromatic N) is 2. The van der Waals surface area contributed by atoms with E-state index in [0.29, 0.717) is 5.56 Å². The molecule has 3 aromatic rings. The van der Waals surface area contributed by atoms with Crippen molar-refractivity contribution in [3.63, 3.8) is 0 Å². The van der Waals surface area contributed by atoms with E-state index in [1.165, 1.54) is 0 Å². The van der Waals surface area contributed by atoms with Gasteiger partial charge in [-0.25, -0.2) is 0 Å². The van der Waals surface area contributed by atoms with Crippen molar-refractivity contribution in [1.82, 2.24) is 10.2 Å². The molecule has 0 spiro atoms. The Hall–Kier alpha value is -3.06. The van der Waals surface area contributed by atoms with Crippen molar-refractivity contribution in [3.8, 4) is 17.3 Å². The molecule has 102 valence electrons. The van der Waals surface area contributed by atoms with Crippen LogP contribution in [0.15, 0.2) is 60.8 Å². The van der Waals surface area contributed by atoms with Crippen molar-refractivity contribution >= 4 is 5.69 Å². The van der Waals surface area contributed by atoms with Crippen molar-refractivity contribution in [2.45, 2.75) is 6.54 Å². The van der Waals surface area contributed by atoms with Crippen molar-refractivity contribution in [2.24, 2.45) is 0 Å². The highest BCUT2D eigenvalue weighted by molar-refractivity contribution is 5.64. The van der Waals surface area contributed by atoms with E-state index in [1.54, 1.807) is 6.20 Å². The van der Waals surface area contributed by atoms with Crippen molar-refractivity contribution < 1.29 is 0 Å². The number of rotatable bonds is 4. The zero-order valence-corrected chi connectivity index (χ0v) is 11.4.